The second-order valence-electron chi connectivity index (χ2n) is 5.35. The van der Waals surface area contributed by atoms with Gasteiger partial charge in [-0.05, 0) is 36.4 Å². The number of methoxy groups -OCH3 is 1. The summed E-state index contributed by atoms with van der Waals surface area (Å²) in [6.45, 7) is -0.149. The van der Waals surface area contributed by atoms with Crippen molar-refractivity contribution in [1.82, 2.24) is 9.78 Å². The number of benzene rings is 2. The molecule has 0 spiro atoms. The lowest BCUT2D eigenvalue weighted by Crippen LogP contribution is -2.26. The first kappa shape index (κ1) is 16.9. The number of hydrogen-bond acceptors (Lipinski definition) is 4. The molecule has 0 radical (unpaired) electrons. The van der Waals surface area contributed by atoms with Gasteiger partial charge in [-0.3, -0.25) is 9.59 Å². The Kier molecular flexibility index (Phi) is 4.95. The van der Waals surface area contributed by atoms with Crippen LogP contribution in [0.3, 0.4) is 0 Å². The monoisotopic (exact) mass is 354 g/mol. The molecule has 1 aromatic heterocycles. The van der Waals surface area contributed by atoms with E-state index in [-0.39, 0.29) is 17.9 Å². The molecule has 0 saturated heterocycles. The average Bonchev–Trinajstić information content (AvgIpc) is 2.64. The third-order valence-corrected chi connectivity index (χ3v) is 4.05. The van der Waals surface area contributed by atoms with Gasteiger partial charge in [0.1, 0.15) is 12.3 Å². The number of Topliss-reactive ketones (excluding diaryl/α,β-unsaturated/α-hetero) is 1. The van der Waals surface area contributed by atoms with Crippen LogP contribution < -0.4 is 10.3 Å². The van der Waals surface area contributed by atoms with E-state index >= 15 is 0 Å². The van der Waals surface area contributed by atoms with Crippen molar-refractivity contribution in [3.63, 3.8) is 0 Å². The Morgan fingerprint density at radius 2 is 1.80 bits per heavy atom. The normalized spacial score (nSPS) is 10.5. The predicted molar refractivity (Wildman–Crippen MR) is 96.3 cm³/mol. The minimum atomic E-state index is -0.349. The van der Waals surface area contributed by atoms with E-state index in [9.17, 15) is 9.59 Å². The van der Waals surface area contributed by atoms with E-state index in [1.165, 1.54) is 6.07 Å². The zero-order valence-electron chi connectivity index (χ0n) is 13.5. The molecule has 0 amide bonds. The molecule has 2 aromatic carbocycles. The molecule has 1 heterocycles. The summed E-state index contributed by atoms with van der Waals surface area (Å²) in [4.78, 5) is 24.5. The lowest BCUT2D eigenvalue weighted by Gasteiger charge is -2.08. The molecule has 0 unspecified atom stereocenters. The Morgan fingerprint density at radius 1 is 1.08 bits per heavy atom. The van der Waals surface area contributed by atoms with Crippen molar-refractivity contribution in [3.05, 3.63) is 81.6 Å². The lowest BCUT2D eigenvalue weighted by molar-refractivity contribution is 0.0966. The number of carbonyl (C=O) groups excluding carboxylic acids is 1. The molecule has 25 heavy (non-hydrogen) atoms. The maximum atomic E-state index is 12.4. The molecule has 0 N–H and O–H groups in total. The molecular formula is C19H15ClN2O3. The van der Waals surface area contributed by atoms with Gasteiger partial charge in [0.05, 0.1) is 17.8 Å². The highest BCUT2D eigenvalue weighted by Gasteiger charge is 2.11. The van der Waals surface area contributed by atoms with Gasteiger partial charge in [-0.25, -0.2) is 4.68 Å². The third-order valence-electron chi connectivity index (χ3n) is 3.72. The second-order valence-corrected chi connectivity index (χ2v) is 5.75. The molecule has 5 nitrogen and oxygen atoms in total. The molecule has 0 atom stereocenters. The fraction of sp³-hybridized carbons (Fsp3) is 0.105. The zero-order valence-corrected chi connectivity index (χ0v) is 14.2. The van der Waals surface area contributed by atoms with E-state index in [0.29, 0.717) is 27.6 Å². The Labute approximate surface area is 149 Å². The first-order chi connectivity index (χ1) is 12.1. The number of nitrogens with zero attached hydrogens (tertiary/aromatic N) is 2. The number of rotatable bonds is 5. The Balaban J connectivity index is 1.89. The van der Waals surface area contributed by atoms with Crippen LogP contribution in [0.2, 0.25) is 5.02 Å². The molecule has 0 aliphatic carbocycles. The molecule has 6 heteroatoms. The quantitative estimate of drug-likeness (QED) is 0.658. The zero-order chi connectivity index (χ0) is 17.8. The minimum absolute atomic E-state index is 0.149. The van der Waals surface area contributed by atoms with Crippen molar-refractivity contribution >= 4 is 17.4 Å². The van der Waals surface area contributed by atoms with Gasteiger partial charge in [-0.15, -0.1) is 0 Å². The summed E-state index contributed by atoms with van der Waals surface area (Å²) in [5.41, 5.74) is 1.37. The molecule has 0 bridgehead atoms. The smallest absolute Gasteiger partial charge is 0.267 e. The number of hydrogen-bond donors (Lipinski definition) is 0. The Hall–Kier alpha value is -2.92. The van der Waals surface area contributed by atoms with E-state index in [1.807, 2.05) is 18.2 Å². The van der Waals surface area contributed by atoms with Gasteiger partial charge in [0, 0.05) is 17.2 Å². The highest BCUT2D eigenvalue weighted by molar-refractivity contribution is 6.33. The Morgan fingerprint density at radius 3 is 2.48 bits per heavy atom. The van der Waals surface area contributed by atoms with Crippen molar-refractivity contribution in [2.45, 2.75) is 6.54 Å². The van der Waals surface area contributed by atoms with Crippen LogP contribution in [0.4, 0.5) is 0 Å². The number of ether oxygens (including phenoxy) is 1. The summed E-state index contributed by atoms with van der Waals surface area (Å²) in [5.74, 6) is 0.445. The van der Waals surface area contributed by atoms with Crippen LogP contribution in [0.1, 0.15) is 10.4 Å². The average molecular weight is 355 g/mol. The van der Waals surface area contributed by atoms with Crippen LogP contribution in [-0.2, 0) is 6.54 Å². The van der Waals surface area contributed by atoms with Gasteiger partial charge in [0.15, 0.2) is 5.78 Å². The highest BCUT2D eigenvalue weighted by atomic mass is 35.5. The van der Waals surface area contributed by atoms with Crippen molar-refractivity contribution in [2.75, 3.05) is 7.11 Å². The molecule has 3 rings (SSSR count). The first-order valence-electron chi connectivity index (χ1n) is 7.59. The summed E-state index contributed by atoms with van der Waals surface area (Å²) in [5, 5.41) is 4.81. The van der Waals surface area contributed by atoms with Crippen LogP contribution in [0.5, 0.6) is 5.75 Å². The van der Waals surface area contributed by atoms with Gasteiger partial charge in [0.2, 0.25) is 0 Å². The van der Waals surface area contributed by atoms with E-state index in [4.69, 9.17) is 16.3 Å². The SMILES string of the molecule is COc1ccc(C(=O)Cn2nc(-c3ccccc3Cl)ccc2=O)cc1. The molecule has 0 fully saturated rings. The molecular weight excluding hydrogens is 340 g/mol. The summed E-state index contributed by atoms with van der Waals surface area (Å²) < 4.78 is 6.21. The molecule has 126 valence electrons. The summed E-state index contributed by atoms with van der Waals surface area (Å²) in [6, 6.07) is 16.9. The fourth-order valence-corrected chi connectivity index (χ4v) is 2.61. The van der Waals surface area contributed by atoms with Crippen LogP contribution >= 0.6 is 11.6 Å². The number of carbonyl (C=O) groups is 1. The van der Waals surface area contributed by atoms with E-state index in [1.54, 1.807) is 43.5 Å². The van der Waals surface area contributed by atoms with Crippen LogP contribution in [0, 0.1) is 0 Å². The van der Waals surface area contributed by atoms with Gasteiger partial charge >= 0.3 is 0 Å². The van der Waals surface area contributed by atoms with Crippen molar-refractivity contribution in [3.8, 4) is 17.0 Å². The van der Waals surface area contributed by atoms with Gasteiger partial charge in [0.25, 0.3) is 5.56 Å². The fourth-order valence-electron chi connectivity index (χ4n) is 2.38. The largest absolute Gasteiger partial charge is 0.497 e. The number of halogens is 1. The topological polar surface area (TPSA) is 61.2 Å². The van der Waals surface area contributed by atoms with E-state index < -0.39 is 0 Å². The molecule has 3 aromatic rings. The van der Waals surface area contributed by atoms with Crippen molar-refractivity contribution in [2.24, 2.45) is 0 Å². The van der Waals surface area contributed by atoms with Crippen LogP contribution in [0.15, 0.2) is 65.5 Å². The molecule has 0 aliphatic rings. The Bertz CT molecular complexity index is 965. The standard InChI is InChI=1S/C19H15ClN2O3/c1-25-14-8-6-13(7-9-14)18(23)12-22-19(24)11-10-17(21-22)15-4-2-3-5-16(15)20/h2-11H,12H2,1H3. The summed E-state index contributed by atoms with van der Waals surface area (Å²) in [6.07, 6.45) is 0. The number of ketones is 1. The van der Waals surface area contributed by atoms with E-state index in [2.05, 4.69) is 5.10 Å². The minimum Gasteiger partial charge on any atom is -0.497 e. The van der Waals surface area contributed by atoms with Gasteiger partial charge in [-0.2, -0.15) is 5.10 Å². The van der Waals surface area contributed by atoms with Gasteiger partial charge in [-0.1, -0.05) is 29.8 Å². The van der Waals surface area contributed by atoms with Crippen LogP contribution in [0.25, 0.3) is 11.3 Å². The summed E-state index contributed by atoms with van der Waals surface area (Å²) >= 11 is 6.17. The third kappa shape index (κ3) is 3.78. The maximum absolute atomic E-state index is 12.4. The first-order valence-corrected chi connectivity index (χ1v) is 7.96. The second kappa shape index (κ2) is 7.32. The highest BCUT2D eigenvalue weighted by Crippen LogP contribution is 2.24. The maximum Gasteiger partial charge on any atom is 0.267 e. The van der Waals surface area contributed by atoms with Crippen LogP contribution in [-0.4, -0.2) is 22.7 Å². The van der Waals surface area contributed by atoms with Crippen molar-refractivity contribution < 1.29 is 9.53 Å². The van der Waals surface area contributed by atoms with Gasteiger partial charge < -0.3 is 4.74 Å². The predicted octanol–water partition coefficient (Wildman–Crippen LogP) is 3.46. The van der Waals surface area contributed by atoms with Crippen molar-refractivity contribution in [1.29, 1.82) is 0 Å². The molecule has 0 aliphatic heterocycles. The van der Waals surface area contributed by atoms with E-state index in [0.717, 1.165) is 4.68 Å². The summed E-state index contributed by atoms with van der Waals surface area (Å²) in [7, 11) is 1.56. The lowest BCUT2D eigenvalue weighted by atomic mass is 10.1. The number of aromatic nitrogens is 2. The molecule has 0 saturated carbocycles.